The molecule has 1 amide bonds. The van der Waals surface area contributed by atoms with Crippen LogP contribution in [-0.2, 0) is 9.53 Å². The first-order valence-electron chi connectivity index (χ1n) is 5.69. The fraction of sp³-hybridized carbons (Fsp3) is 0.833. The van der Waals surface area contributed by atoms with Gasteiger partial charge in [-0.25, -0.2) is 4.79 Å². The Hall–Kier alpha value is -1.06. The van der Waals surface area contributed by atoms with Crippen LogP contribution in [0.15, 0.2) is 0 Å². The second-order valence-electron chi connectivity index (χ2n) is 5.55. The summed E-state index contributed by atoms with van der Waals surface area (Å²) >= 11 is 0. The number of nitrogens with zero attached hydrogens (tertiary/aromatic N) is 1. The van der Waals surface area contributed by atoms with E-state index in [0.717, 1.165) is 0 Å². The van der Waals surface area contributed by atoms with Gasteiger partial charge in [-0.3, -0.25) is 9.69 Å². The molecule has 0 radical (unpaired) electrons. The third kappa shape index (κ3) is 2.36. The van der Waals surface area contributed by atoms with Crippen LogP contribution in [0.1, 0.15) is 47.5 Å². The lowest BCUT2D eigenvalue weighted by Gasteiger charge is -2.50. The SMILES string of the molecule is CCOC(=O)N1C(C)(C)CC(=O)CC1(C)C. The highest BCUT2D eigenvalue weighted by molar-refractivity contribution is 5.84. The maximum absolute atomic E-state index is 11.9. The largest absolute Gasteiger partial charge is 0.450 e. The van der Waals surface area contributed by atoms with E-state index in [9.17, 15) is 9.59 Å². The van der Waals surface area contributed by atoms with E-state index in [1.165, 1.54) is 0 Å². The summed E-state index contributed by atoms with van der Waals surface area (Å²) in [5, 5.41) is 0. The summed E-state index contributed by atoms with van der Waals surface area (Å²) < 4.78 is 5.06. The van der Waals surface area contributed by atoms with Gasteiger partial charge in [-0.05, 0) is 34.6 Å². The number of likely N-dealkylation sites (tertiary alicyclic amines) is 1. The molecule has 1 heterocycles. The zero-order chi connectivity index (χ0) is 12.6. The van der Waals surface area contributed by atoms with Gasteiger partial charge < -0.3 is 4.74 Å². The summed E-state index contributed by atoms with van der Waals surface area (Å²) in [7, 11) is 0. The molecule has 4 nitrogen and oxygen atoms in total. The van der Waals surface area contributed by atoms with Crippen LogP contribution in [0.3, 0.4) is 0 Å². The Morgan fingerprint density at radius 2 is 1.69 bits per heavy atom. The third-order valence-electron chi connectivity index (χ3n) is 2.92. The Labute approximate surface area is 96.9 Å². The molecule has 0 aromatic carbocycles. The highest BCUT2D eigenvalue weighted by atomic mass is 16.6. The Kier molecular flexibility index (Phi) is 3.31. The zero-order valence-corrected chi connectivity index (χ0v) is 10.8. The second kappa shape index (κ2) is 4.07. The van der Waals surface area contributed by atoms with Gasteiger partial charge in [-0.1, -0.05) is 0 Å². The van der Waals surface area contributed by atoms with Crippen molar-refractivity contribution in [1.82, 2.24) is 4.90 Å². The van der Waals surface area contributed by atoms with E-state index in [2.05, 4.69) is 0 Å². The normalized spacial score (nSPS) is 23.1. The molecule has 92 valence electrons. The highest BCUT2D eigenvalue weighted by Crippen LogP contribution is 2.36. The lowest BCUT2D eigenvalue weighted by Crippen LogP contribution is -2.63. The molecule has 1 aliphatic heterocycles. The Morgan fingerprint density at radius 1 is 1.25 bits per heavy atom. The summed E-state index contributed by atoms with van der Waals surface area (Å²) in [5.74, 6) is 0.204. The number of ketones is 1. The molecule has 0 saturated carbocycles. The van der Waals surface area contributed by atoms with Gasteiger partial charge in [0.25, 0.3) is 0 Å². The molecule has 1 fully saturated rings. The molecule has 0 bridgehead atoms. The maximum atomic E-state index is 11.9. The Balaban J connectivity index is 3.01. The van der Waals surface area contributed by atoms with Crippen LogP contribution in [0.25, 0.3) is 0 Å². The van der Waals surface area contributed by atoms with E-state index in [1.54, 1.807) is 11.8 Å². The monoisotopic (exact) mass is 227 g/mol. The summed E-state index contributed by atoms with van der Waals surface area (Å²) in [5.41, 5.74) is -0.934. The highest BCUT2D eigenvalue weighted by Gasteiger charge is 2.48. The molecule has 0 N–H and O–H groups in total. The standard InChI is InChI=1S/C12H21NO3/c1-6-16-10(15)13-11(2,3)7-9(14)8-12(13,4)5/h6-8H2,1-5H3. The number of amides is 1. The molecular weight excluding hydrogens is 206 g/mol. The average molecular weight is 227 g/mol. The maximum Gasteiger partial charge on any atom is 0.410 e. The van der Waals surface area contributed by atoms with Gasteiger partial charge >= 0.3 is 6.09 Å². The molecule has 0 aromatic heterocycles. The van der Waals surface area contributed by atoms with Crippen molar-refractivity contribution in [2.24, 2.45) is 0 Å². The van der Waals surface area contributed by atoms with Crippen molar-refractivity contribution in [3.8, 4) is 0 Å². The van der Waals surface area contributed by atoms with Crippen LogP contribution >= 0.6 is 0 Å². The number of ether oxygens (including phenoxy) is 1. The zero-order valence-electron chi connectivity index (χ0n) is 10.8. The molecule has 4 heteroatoms. The third-order valence-corrected chi connectivity index (χ3v) is 2.92. The number of rotatable bonds is 1. The van der Waals surface area contributed by atoms with Crippen molar-refractivity contribution in [2.75, 3.05) is 6.61 Å². The second-order valence-corrected chi connectivity index (χ2v) is 5.55. The molecule has 1 saturated heterocycles. The molecule has 16 heavy (non-hydrogen) atoms. The molecule has 0 unspecified atom stereocenters. The molecule has 0 aromatic rings. The van der Waals surface area contributed by atoms with E-state index in [-0.39, 0.29) is 11.9 Å². The van der Waals surface area contributed by atoms with Gasteiger partial charge in [-0.15, -0.1) is 0 Å². The number of hydrogen-bond donors (Lipinski definition) is 0. The van der Waals surface area contributed by atoms with Crippen molar-refractivity contribution in [3.05, 3.63) is 0 Å². The Bertz CT molecular complexity index is 287. The smallest absolute Gasteiger partial charge is 0.410 e. The summed E-state index contributed by atoms with van der Waals surface area (Å²) in [4.78, 5) is 25.3. The number of piperidine rings is 1. The van der Waals surface area contributed by atoms with Gasteiger partial charge in [0, 0.05) is 23.9 Å². The van der Waals surface area contributed by atoms with Gasteiger partial charge in [0.05, 0.1) is 6.61 Å². The van der Waals surface area contributed by atoms with Crippen molar-refractivity contribution in [1.29, 1.82) is 0 Å². The van der Waals surface area contributed by atoms with Gasteiger partial charge in [0.1, 0.15) is 5.78 Å². The quantitative estimate of drug-likeness (QED) is 0.691. The first-order valence-corrected chi connectivity index (χ1v) is 5.69. The van der Waals surface area contributed by atoms with E-state index < -0.39 is 11.1 Å². The minimum absolute atomic E-state index is 0.204. The topological polar surface area (TPSA) is 46.6 Å². The molecule has 0 spiro atoms. The minimum Gasteiger partial charge on any atom is -0.450 e. The van der Waals surface area contributed by atoms with Crippen LogP contribution < -0.4 is 0 Å². The summed E-state index contributed by atoms with van der Waals surface area (Å²) in [6, 6.07) is 0. The summed E-state index contributed by atoms with van der Waals surface area (Å²) in [6.07, 6.45) is 0.467. The number of carbonyl (C=O) groups excluding carboxylic acids is 2. The van der Waals surface area contributed by atoms with Crippen LogP contribution in [0.2, 0.25) is 0 Å². The fourth-order valence-corrected chi connectivity index (χ4v) is 2.69. The molecule has 1 rings (SSSR count). The van der Waals surface area contributed by atoms with E-state index >= 15 is 0 Å². The first kappa shape index (κ1) is 13.0. The predicted molar refractivity (Wildman–Crippen MR) is 61.3 cm³/mol. The lowest BCUT2D eigenvalue weighted by atomic mass is 9.79. The number of Topliss-reactive ketones (excluding diaryl/α,β-unsaturated/α-hetero) is 1. The Morgan fingerprint density at radius 3 is 2.06 bits per heavy atom. The van der Waals surface area contributed by atoms with Gasteiger partial charge in [-0.2, -0.15) is 0 Å². The van der Waals surface area contributed by atoms with Crippen LogP contribution in [0.4, 0.5) is 4.79 Å². The van der Waals surface area contributed by atoms with Crippen LogP contribution in [0, 0.1) is 0 Å². The van der Waals surface area contributed by atoms with Crippen molar-refractivity contribution < 1.29 is 14.3 Å². The molecule has 1 aliphatic rings. The van der Waals surface area contributed by atoms with Crippen molar-refractivity contribution in [3.63, 3.8) is 0 Å². The number of hydrogen-bond acceptors (Lipinski definition) is 3. The predicted octanol–water partition coefficient (Wildman–Crippen LogP) is 2.37. The van der Waals surface area contributed by atoms with E-state index in [4.69, 9.17) is 4.74 Å². The average Bonchev–Trinajstić information content (AvgIpc) is 1.96. The van der Waals surface area contributed by atoms with Crippen LogP contribution in [0.5, 0.6) is 0 Å². The lowest BCUT2D eigenvalue weighted by molar-refractivity contribution is -0.131. The fourth-order valence-electron chi connectivity index (χ4n) is 2.69. The van der Waals surface area contributed by atoms with E-state index in [1.807, 2.05) is 27.7 Å². The molecule has 0 aliphatic carbocycles. The summed E-state index contributed by atoms with van der Waals surface area (Å²) in [6.45, 7) is 9.76. The van der Waals surface area contributed by atoms with E-state index in [0.29, 0.717) is 19.4 Å². The van der Waals surface area contributed by atoms with Crippen molar-refractivity contribution >= 4 is 11.9 Å². The van der Waals surface area contributed by atoms with Gasteiger partial charge in [0.15, 0.2) is 0 Å². The minimum atomic E-state index is -0.467. The van der Waals surface area contributed by atoms with Crippen LogP contribution in [-0.4, -0.2) is 34.5 Å². The molecular formula is C12H21NO3. The van der Waals surface area contributed by atoms with Crippen molar-refractivity contribution in [2.45, 2.75) is 58.5 Å². The number of carbonyl (C=O) groups is 2. The first-order chi connectivity index (χ1) is 7.20. The molecule has 0 atom stereocenters. The van der Waals surface area contributed by atoms with Gasteiger partial charge in [0.2, 0.25) is 0 Å².